The van der Waals surface area contributed by atoms with Gasteiger partial charge in [-0.05, 0) is 43.2 Å². The minimum Gasteiger partial charge on any atom is -0.378 e. The molecular weight excluding hydrogens is 348 g/mol. The monoisotopic (exact) mass is 370 g/mol. The van der Waals surface area contributed by atoms with Crippen molar-refractivity contribution in [2.75, 3.05) is 25.0 Å². The van der Waals surface area contributed by atoms with Crippen molar-refractivity contribution in [2.45, 2.75) is 13.8 Å². The predicted molar refractivity (Wildman–Crippen MR) is 103 cm³/mol. The van der Waals surface area contributed by atoms with Gasteiger partial charge in [0.05, 0.1) is 11.5 Å². The summed E-state index contributed by atoms with van der Waals surface area (Å²) in [5.74, 6) is -0.650. The Morgan fingerprint density at radius 3 is 2.44 bits per heavy atom. The number of aryl methyl sites for hydroxylation is 2. The zero-order chi connectivity index (χ0) is 19.8. The fourth-order valence-electron chi connectivity index (χ4n) is 2.39. The van der Waals surface area contributed by atoms with E-state index in [1.165, 1.54) is 6.07 Å². The SMILES string of the molecule is Cc1ccc(C(=O)NCC(=O)NCCNc2ccccc2[N+](=O)[O-])cc1C. The average molecular weight is 370 g/mol. The number of nitrogens with zero attached hydrogens (tertiary/aromatic N) is 1. The first-order valence-electron chi connectivity index (χ1n) is 8.48. The maximum atomic E-state index is 12.1. The van der Waals surface area contributed by atoms with Gasteiger partial charge in [-0.3, -0.25) is 19.7 Å². The largest absolute Gasteiger partial charge is 0.378 e. The van der Waals surface area contributed by atoms with Crippen LogP contribution in [0.25, 0.3) is 0 Å². The smallest absolute Gasteiger partial charge is 0.292 e. The van der Waals surface area contributed by atoms with Crippen molar-refractivity contribution >= 4 is 23.2 Å². The van der Waals surface area contributed by atoms with E-state index in [9.17, 15) is 19.7 Å². The first kappa shape index (κ1) is 19.9. The molecule has 0 aliphatic carbocycles. The number of anilines is 1. The van der Waals surface area contributed by atoms with Crippen molar-refractivity contribution in [3.63, 3.8) is 0 Å². The molecule has 8 nitrogen and oxygen atoms in total. The average Bonchev–Trinajstić information content (AvgIpc) is 2.65. The van der Waals surface area contributed by atoms with Crippen LogP contribution in [0.4, 0.5) is 11.4 Å². The molecule has 0 atom stereocenters. The number of nitro groups is 1. The second kappa shape index (κ2) is 9.33. The predicted octanol–water partition coefficient (Wildman–Crippen LogP) is 2.17. The van der Waals surface area contributed by atoms with Gasteiger partial charge in [-0.1, -0.05) is 18.2 Å². The molecule has 0 aliphatic heterocycles. The van der Waals surface area contributed by atoms with Gasteiger partial charge in [-0.25, -0.2) is 0 Å². The highest BCUT2D eigenvalue weighted by Crippen LogP contribution is 2.22. The van der Waals surface area contributed by atoms with Crippen molar-refractivity contribution in [1.29, 1.82) is 0 Å². The normalized spacial score (nSPS) is 10.1. The highest BCUT2D eigenvalue weighted by Gasteiger charge is 2.12. The van der Waals surface area contributed by atoms with Gasteiger partial charge in [0.25, 0.3) is 11.6 Å². The molecule has 2 rings (SSSR count). The molecule has 2 aromatic carbocycles. The Balaban J connectivity index is 1.73. The summed E-state index contributed by atoms with van der Waals surface area (Å²) in [6.07, 6.45) is 0. The van der Waals surface area contributed by atoms with E-state index in [4.69, 9.17) is 0 Å². The summed E-state index contributed by atoms with van der Waals surface area (Å²) < 4.78 is 0. The van der Waals surface area contributed by atoms with Crippen LogP contribution in [0.2, 0.25) is 0 Å². The van der Waals surface area contributed by atoms with E-state index < -0.39 is 4.92 Å². The number of benzene rings is 2. The van der Waals surface area contributed by atoms with E-state index in [0.717, 1.165) is 11.1 Å². The van der Waals surface area contributed by atoms with Crippen molar-refractivity contribution < 1.29 is 14.5 Å². The zero-order valence-electron chi connectivity index (χ0n) is 15.2. The summed E-state index contributed by atoms with van der Waals surface area (Å²) in [5.41, 5.74) is 2.97. The molecule has 2 aromatic rings. The summed E-state index contributed by atoms with van der Waals surface area (Å²) in [5, 5.41) is 19.0. The molecule has 0 radical (unpaired) electrons. The Labute approximate surface area is 157 Å². The molecule has 2 amide bonds. The van der Waals surface area contributed by atoms with Crippen LogP contribution in [0.3, 0.4) is 0 Å². The van der Waals surface area contributed by atoms with Gasteiger partial charge in [0, 0.05) is 24.7 Å². The van der Waals surface area contributed by atoms with Crippen molar-refractivity contribution in [2.24, 2.45) is 0 Å². The third-order valence-corrected chi connectivity index (χ3v) is 4.04. The molecule has 27 heavy (non-hydrogen) atoms. The lowest BCUT2D eigenvalue weighted by Crippen LogP contribution is -2.38. The Morgan fingerprint density at radius 1 is 1.00 bits per heavy atom. The highest BCUT2D eigenvalue weighted by molar-refractivity contribution is 5.96. The van der Waals surface area contributed by atoms with Crippen molar-refractivity contribution in [1.82, 2.24) is 10.6 Å². The molecule has 0 heterocycles. The Kier molecular flexibility index (Phi) is 6.87. The lowest BCUT2D eigenvalue weighted by Gasteiger charge is -2.09. The molecule has 0 fully saturated rings. The number of rotatable bonds is 8. The molecule has 0 saturated heterocycles. The third kappa shape index (κ3) is 5.81. The maximum Gasteiger partial charge on any atom is 0.292 e. The first-order valence-corrected chi connectivity index (χ1v) is 8.48. The van der Waals surface area contributed by atoms with Gasteiger partial charge >= 0.3 is 0 Å². The van der Waals surface area contributed by atoms with Gasteiger partial charge in [0.15, 0.2) is 0 Å². The van der Waals surface area contributed by atoms with Gasteiger partial charge < -0.3 is 16.0 Å². The molecule has 0 aromatic heterocycles. The van der Waals surface area contributed by atoms with E-state index in [-0.39, 0.29) is 30.6 Å². The third-order valence-electron chi connectivity index (χ3n) is 4.04. The topological polar surface area (TPSA) is 113 Å². The van der Waals surface area contributed by atoms with Crippen LogP contribution in [-0.2, 0) is 4.79 Å². The summed E-state index contributed by atoms with van der Waals surface area (Å²) >= 11 is 0. The minimum atomic E-state index is -0.469. The molecule has 3 N–H and O–H groups in total. The van der Waals surface area contributed by atoms with Crippen LogP contribution in [0.5, 0.6) is 0 Å². The number of hydrogen-bond donors (Lipinski definition) is 3. The minimum absolute atomic E-state index is 0.0236. The quantitative estimate of drug-likeness (QED) is 0.374. The van der Waals surface area contributed by atoms with Gasteiger partial charge in [-0.15, -0.1) is 0 Å². The molecule has 0 bridgehead atoms. The van der Waals surface area contributed by atoms with Crippen molar-refractivity contribution in [3.8, 4) is 0 Å². The lowest BCUT2D eigenvalue weighted by molar-refractivity contribution is -0.384. The number of hydrogen-bond acceptors (Lipinski definition) is 5. The van der Waals surface area contributed by atoms with Crippen LogP contribution in [0.1, 0.15) is 21.5 Å². The molecule has 0 spiro atoms. The van der Waals surface area contributed by atoms with E-state index in [2.05, 4.69) is 16.0 Å². The molecular formula is C19H22N4O4. The van der Waals surface area contributed by atoms with E-state index in [1.54, 1.807) is 30.3 Å². The number of carbonyl (C=O) groups is 2. The standard InChI is InChI=1S/C19H22N4O4/c1-13-7-8-15(11-14(13)2)19(25)22-12-18(24)21-10-9-20-16-5-3-4-6-17(16)23(26)27/h3-8,11,20H,9-10,12H2,1-2H3,(H,21,24)(H,22,25). The fraction of sp³-hybridized carbons (Fsp3) is 0.263. The van der Waals surface area contributed by atoms with Crippen LogP contribution >= 0.6 is 0 Å². The van der Waals surface area contributed by atoms with E-state index >= 15 is 0 Å². The summed E-state index contributed by atoms with van der Waals surface area (Å²) in [6, 6.07) is 11.6. The number of nitro benzene ring substituents is 1. The van der Waals surface area contributed by atoms with Crippen LogP contribution < -0.4 is 16.0 Å². The Hall–Kier alpha value is -3.42. The lowest BCUT2D eigenvalue weighted by atomic mass is 10.1. The van der Waals surface area contributed by atoms with Crippen LogP contribution in [0.15, 0.2) is 42.5 Å². The molecule has 8 heteroatoms. The summed E-state index contributed by atoms with van der Waals surface area (Å²) in [7, 11) is 0. The highest BCUT2D eigenvalue weighted by atomic mass is 16.6. The first-order chi connectivity index (χ1) is 12.9. The maximum absolute atomic E-state index is 12.1. The van der Waals surface area contributed by atoms with Gasteiger partial charge in [0.2, 0.25) is 5.91 Å². The van der Waals surface area contributed by atoms with E-state index in [0.29, 0.717) is 17.8 Å². The fourth-order valence-corrected chi connectivity index (χ4v) is 2.39. The number of carbonyl (C=O) groups excluding carboxylic acids is 2. The summed E-state index contributed by atoms with van der Waals surface area (Å²) in [4.78, 5) is 34.3. The Bertz CT molecular complexity index is 851. The molecule has 142 valence electrons. The van der Waals surface area contributed by atoms with Gasteiger partial charge in [-0.2, -0.15) is 0 Å². The Morgan fingerprint density at radius 2 is 1.74 bits per heavy atom. The number of nitrogens with one attached hydrogen (secondary N) is 3. The molecule has 0 saturated carbocycles. The zero-order valence-corrected chi connectivity index (χ0v) is 15.2. The van der Waals surface area contributed by atoms with E-state index in [1.807, 2.05) is 19.9 Å². The second-order valence-corrected chi connectivity index (χ2v) is 6.03. The second-order valence-electron chi connectivity index (χ2n) is 6.03. The molecule has 0 unspecified atom stereocenters. The number of amides is 2. The van der Waals surface area contributed by atoms with Gasteiger partial charge in [0.1, 0.15) is 5.69 Å². The van der Waals surface area contributed by atoms with Crippen LogP contribution in [-0.4, -0.2) is 36.4 Å². The van der Waals surface area contributed by atoms with Crippen LogP contribution in [0, 0.1) is 24.0 Å². The van der Waals surface area contributed by atoms with Crippen molar-refractivity contribution in [3.05, 3.63) is 69.3 Å². The summed E-state index contributed by atoms with van der Waals surface area (Å²) in [6.45, 7) is 4.33. The number of para-hydroxylation sites is 2. The molecule has 0 aliphatic rings.